The summed E-state index contributed by atoms with van der Waals surface area (Å²) < 4.78 is 11.8. The van der Waals surface area contributed by atoms with Gasteiger partial charge < -0.3 is 9.47 Å². The second kappa shape index (κ2) is 7.93. The summed E-state index contributed by atoms with van der Waals surface area (Å²) in [5.41, 5.74) is -1.78. The first kappa shape index (κ1) is 18.7. The number of amides is 1. The monoisotopic (exact) mass is 360 g/mol. The molecule has 11 heteroatoms. The summed E-state index contributed by atoms with van der Waals surface area (Å²) in [6.45, 7) is 1.31. The first-order chi connectivity index (χ1) is 12.4. The first-order valence-electron chi connectivity index (χ1n) is 7.44. The Labute approximate surface area is 147 Å². The third kappa shape index (κ3) is 3.86. The lowest BCUT2D eigenvalue weighted by atomic mass is 10.3. The highest BCUT2D eigenvalue weighted by Crippen LogP contribution is 2.17. The van der Waals surface area contributed by atoms with Crippen molar-refractivity contribution >= 4 is 11.9 Å². The van der Waals surface area contributed by atoms with E-state index in [0.717, 1.165) is 10.8 Å². The van der Waals surface area contributed by atoms with Gasteiger partial charge in [0.25, 0.3) is 5.56 Å². The van der Waals surface area contributed by atoms with Crippen LogP contribution in [0.2, 0.25) is 0 Å². The first-order valence-corrected chi connectivity index (χ1v) is 7.44. The van der Waals surface area contributed by atoms with Crippen molar-refractivity contribution in [3.63, 3.8) is 0 Å². The van der Waals surface area contributed by atoms with Crippen molar-refractivity contribution in [2.24, 2.45) is 0 Å². The van der Waals surface area contributed by atoms with E-state index in [1.54, 1.807) is 13.0 Å². The number of hydrogen-bond donors (Lipinski definition) is 1. The van der Waals surface area contributed by atoms with Crippen LogP contribution in [-0.4, -0.2) is 39.2 Å². The minimum Gasteiger partial charge on any atom is -0.481 e. The Morgan fingerprint density at radius 2 is 1.88 bits per heavy atom. The Kier molecular flexibility index (Phi) is 5.69. The SMILES string of the molecule is CCn1cc(C#N)c(=O)n(CC(=O)Nc2nc(OC)cc(OC)n2)c1=O. The summed E-state index contributed by atoms with van der Waals surface area (Å²) in [6, 6.07) is 3.12. The number of nitrogens with one attached hydrogen (secondary N) is 1. The summed E-state index contributed by atoms with van der Waals surface area (Å²) in [6.07, 6.45) is 1.16. The second-order valence-corrected chi connectivity index (χ2v) is 4.94. The molecule has 1 N–H and O–H groups in total. The molecule has 0 saturated heterocycles. The van der Waals surface area contributed by atoms with Crippen molar-refractivity contribution in [1.82, 2.24) is 19.1 Å². The number of nitrogens with zero attached hydrogens (tertiary/aromatic N) is 5. The maximum Gasteiger partial charge on any atom is 0.331 e. The molecule has 2 aromatic rings. The Balaban J connectivity index is 2.33. The second-order valence-electron chi connectivity index (χ2n) is 4.94. The molecule has 2 rings (SSSR count). The lowest BCUT2D eigenvalue weighted by Crippen LogP contribution is -2.43. The predicted molar refractivity (Wildman–Crippen MR) is 89.1 cm³/mol. The molecule has 0 bridgehead atoms. The molecule has 136 valence electrons. The van der Waals surface area contributed by atoms with Gasteiger partial charge in [0.2, 0.25) is 23.6 Å². The number of aryl methyl sites for hydroxylation is 1. The lowest BCUT2D eigenvalue weighted by Gasteiger charge is -2.10. The van der Waals surface area contributed by atoms with E-state index in [4.69, 9.17) is 14.7 Å². The zero-order valence-electron chi connectivity index (χ0n) is 14.3. The maximum atomic E-state index is 12.2. The molecule has 0 aliphatic rings. The van der Waals surface area contributed by atoms with Crippen LogP contribution in [0.25, 0.3) is 0 Å². The molecule has 0 aliphatic heterocycles. The van der Waals surface area contributed by atoms with Gasteiger partial charge in [0.15, 0.2) is 0 Å². The number of methoxy groups -OCH3 is 2. The summed E-state index contributed by atoms with van der Waals surface area (Å²) >= 11 is 0. The van der Waals surface area contributed by atoms with E-state index in [1.807, 2.05) is 0 Å². The van der Waals surface area contributed by atoms with Crippen LogP contribution in [-0.2, 0) is 17.9 Å². The number of ether oxygens (including phenoxy) is 2. The van der Waals surface area contributed by atoms with Crippen LogP contribution in [0.5, 0.6) is 11.8 Å². The van der Waals surface area contributed by atoms with Gasteiger partial charge in [0, 0.05) is 12.7 Å². The summed E-state index contributed by atoms with van der Waals surface area (Å²) in [7, 11) is 2.76. The summed E-state index contributed by atoms with van der Waals surface area (Å²) in [5.74, 6) is -0.531. The molecule has 1 amide bonds. The van der Waals surface area contributed by atoms with E-state index in [0.29, 0.717) is 4.57 Å². The van der Waals surface area contributed by atoms with E-state index in [2.05, 4.69) is 15.3 Å². The zero-order valence-corrected chi connectivity index (χ0v) is 14.3. The molecule has 0 radical (unpaired) electrons. The molecule has 2 heterocycles. The number of nitriles is 1. The minimum atomic E-state index is -0.846. The molecule has 0 atom stereocenters. The quantitative estimate of drug-likeness (QED) is 0.716. The number of rotatable bonds is 6. The van der Waals surface area contributed by atoms with Crippen LogP contribution >= 0.6 is 0 Å². The average molecular weight is 360 g/mol. The van der Waals surface area contributed by atoms with Crippen molar-refractivity contribution in [2.45, 2.75) is 20.0 Å². The van der Waals surface area contributed by atoms with Gasteiger partial charge in [-0.1, -0.05) is 0 Å². The predicted octanol–water partition coefficient (Wildman–Crippen LogP) is -0.653. The summed E-state index contributed by atoms with van der Waals surface area (Å²) in [4.78, 5) is 44.5. The molecule has 0 aliphatic carbocycles. The third-order valence-electron chi connectivity index (χ3n) is 3.35. The molecule has 11 nitrogen and oxygen atoms in total. The number of aromatic nitrogens is 4. The molecule has 0 unspecified atom stereocenters. The smallest absolute Gasteiger partial charge is 0.331 e. The van der Waals surface area contributed by atoms with Crippen LogP contribution in [0, 0.1) is 11.3 Å². The molecule has 26 heavy (non-hydrogen) atoms. The Bertz CT molecular complexity index is 965. The van der Waals surface area contributed by atoms with Crippen LogP contribution in [0.1, 0.15) is 12.5 Å². The van der Waals surface area contributed by atoms with Gasteiger partial charge in [-0.15, -0.1) is 0 Å². The topological polar surface area (TPSA) is 141 Å². The number of carbonyl (C=O) groups excluding carboxylic acids is 1. The lowest BCUT2D eigenvalue weighted by molar-refractivity contribution is -0.116. The van der Waals surface area contributed by atoms with Gasteiger partial charge in [-0.3, -0.25) is 19.5 Å². The normalized spacial score (nSPS) is 10.1. The third-order valence-corrected chi connectivity index (χ3v) is 3.35. The van der Waals surface area contributed by atoms with Crippen molar-refractivity contribution in [3.05, 3.63) is 38.7 Å². The molecular formula is C15H16N6O5. The highest BCUT2D eigenvalue weighted by molar-refractivity contribution is 5.88. The van der Waals surface area contributed by atoms with E-state index in [1.165, 1.54) is 20.3 Å². The minimum absolute atomic E-state index is 0.119. The van der Waals surface area contributed by atoms with E-state index in [9.17, 15) is 14.4 Å². The van der Waals surface area contributed by atoms with Gasteiger partial charge in [0.1, 0.15) is 18.2 Å². The number of carbonyl (C=O) groups is 1. The fourth-order valence-electron chi connectivity index (χ4n) is 2.07. The van der Waals surface area contributed by atoms with Crippen LogP contribution in [0.4, 0.5) is 5.95 Å². The van der Waals surface area contributed by atoms with E-state index >= 15 is 0 Å². The molecule has 0 saturated carbocycles. The molecule has 0 aromatic carbocycles. The fourth-order valence-corrected chi connectivity index (χ4v) is 2.07. The zero-order chi connectivity index (χ0) is 19.3. The van der Waals surface area contributed by atoms with E-state index < -0.39 is 23.7 Å². The standard InChI is InChI=1S/C15H16N6O5/c1-4-20-7-9(6-16)13(23)21(15(20)24)8-10(22)17-14-18-11(25-2)5-12(19-14)26-3/h5,7H,4,8H2,1-3H3,(H,17,18,19,22). The Morgan fingerprint density at radius 3 is 2.38 bits per heavy atom. The highest BCUT2D eigenvalue weighted by atomic mass is 16.5. The molecular weight excluding hydrogens is 344 g/mol. The van der Waals surface area contributed by atoms with Crippen LogP contribution < -0.4 is 26.0 Å². The Hall–Kier alpha value is -3.68. The molecule has 0 spiro atoms. The van der Waals surface area contributed by atoms with Crippen LogP contribution in [0.15, 0.2) is 21.9 Å². The maximum absolute atomic E-state index is 12.2. The molecule has 0 fully saturated rings. The van der Waals surface area contributed by atoms with Crippen LogP contribution in [0.3, 0.4) is 0 Å². The van der Waals surface area contributed by atoms with Gasteiger partial charge in [-0.05, 0) is 6.92 Å². The van der Waals surface area contributed by atoms with Crippen molar-refractivity contribution in [1.29, 1.82) is 5.26 Å². The van der Waals surface area contributed by atoms with E-state index in [-0.39, 0.29) is 29.8 Å². The van der Waals surface area contributed by atoms with Gasteiger partial charge in [-0.25, -0.2) is 9.36 Å². The van der Waals surface area contributed by atoms with Gasteiger partial charge in [-0.2, -0.15) is 15.2 Å². The molecule has 2 aromatic heterocycles. The average Bonchev–Trinajstić information content (AvgIpc) is 2.65. The number of hydrogen-bond acceptors (Lipinski definition) is 8. The largest absolute Gasteiger partial charge is 0.481 e. The Morgan fingerprint density at radius 1 is 1.27 bits per heavy atom. The van der Waals surface area contributed by atoms with Crippen molar-refractivity contribution < 1.29 is 14.3 Å². The highest BCUT2D eigenvalue weighted by Gasteiger charge is 2.15. The van der Waals surface area contributed by atoms with Crippen molar-refractivity contribution in [3.8, 4) is 17.8 Å². The van der Waals surface area contributed by atoms with Crippen molar-refractivity contribution in [2.75, 3.05) is 19.5 Å². The van der Waals surface area contributed by atoms with Gasteiger partial charge >= 0.3 is 5.69 Å². The fraction of sp³-hybridized carbons (Fsp3) is 0.333. The van der Waals surface area contributed by atoms with Gasteiger partial charge in [0.05, 0.1) is 20.3 Å². The summed E-state index contributed by atoms with van der Waals surface area (Å²) in [5, 5.41) is 11.4. The number of anilines is 1.